The Kier molecular flexibility index (Phi) is 5.82. The molecule has 0 saturated carbocycles. The molecule has 2 heteroatoms. The maximum Gasteiger partial charge on any atom is 0.122 e. The van der Waals surface area contributed by atoms with E-state index in [1.54, 1.807) is 5.20 Å². The summed E-state index contributed by atoms with van der Waals surface area (Å²) in [4.78, 5) is 0. The second-order valence-corrected chi connectivity index (χ2v) is 13.5. The highest BCUT2D eigenvalue weighted by molar-refractivity contribution is 6.88. The van der Waals surface area contributed by atoms with Gasteiger partial charge in [-0.2, -0.15) is 0 Å². The van der Waals surface area contributed by atoms with Crippen molar-refractivity contribution < 1.29 is 4.74 Å². The Bertz CT molecular complexity index is 584. The molecule has 0 aromatic carbocycles. The molecule has 1 atom stereocenters. The van der Waals surface area contributed by atoms with Crippen LogP contribution < -0.4 is 0 Å². The number of hydrogen-bond donors (Lipinski definition) is 0. The Hall–Kier alpha value is -0.863. The maximum absolute atomic E-state index is 6.85. The van der Waals surface area contributed by atoms with Crippen molar-refractivity contribution in [1.82, 2.24) is 0 Å². The van der Waals surface area contributed by atoms with E-state index in [-0.39, 0.29) is 10.6 Å². The van der Waals surface area contributed by atoms with Crippen molar-refractivity contribution in [1.29, 1.82) is 0 Å². The van der Waals surface area contributed by atoms with Crippen molar-refractivity contribution in [3.8, 4) is 0 Å². The van der Waals surface area contributed by atoms with Gasteiger partial charge in [0.15, 0.2) is 0 Å². The molecular weight excluding hydrogens is 308 g/mol. The molecule has 0 N–H and O–H groups in total. The first-order valence-electron chi connectivity index (χ1n) is 9.55. The standard InChI is InChI=1S/C22H36OSi/c1-8-9-16-23-22(24(6,7)19-12-10-11-13-19)15-14-18(2)17-20(22)21(3,4)5/h10,12-14,17H,8-9,11,15-16H2,1-7H3. The molecule has 0 fully saturated rings. The van der Waals surface area contributed by atoms with Gasteiger partial charge in [0.2, 0.25) is 0 Å². The summed E-state index contributed by atoms with van der Waals surface area (Å²) in [7, 11) is -1.83. The quantitative estimate of drug-likeness (QED) is 0.393. The number of allylic oxidation sites excluding steroid dienone is 6. The molecule has 0 saturated heterocycles. The fraction of sp³-hybridized carbons (Fsp3) is 0.636. The summed E-state index contributed by atoms with van der Waals surface area (Å²) in [6, 6.07) is 0. The Labute approximate surface area is 150 Å². The first kappa shape index (κ1) is 19.5. The molecule has 2 aliphatic rings. The minimum atomic E-state index is -1.83. The lowest BCUT2D eigenvalue weighted by atomic mass is 9.78. The highest BCUT2D eigenvalue weighted by Crippen LogP contribution is 2.50. The van der Waals surface area contributed by atoms with Crippen LogP contribution in [0.1, 0.15) is 60.3 Å². The van der Waals surface area contributed by atoms with E-state index in [0.717, 1.165) is 25.9 Å². The van der Waals surface area contributed by atoms with Crippen LogP contribution in [0.4, 0.5) is 0 Å². The zero-order valence-corrected chi connectivity index (χ0v) is 17.8. The monoisotopic (exact) mass is 344 g/mol. The van der Waals surface area contributed by atoms with E-state index < -0.39 is 8.07 Å². The fourth-order valence-corrected chi connectivity index (χ4v) is 7.92. The lowest BCUT2D eigenvalue weighted by Crippen LogP contribution is -2.61. The van der Waals surface area contributed by atoms with Crippen molar-refractivity contribution in [2.75, 3.05) is 6.61 Å². The smallest absolute Gasteiger partial charge is 0.122 e. The predicted molar refractivity (Wildman–Crippen MR) is 109 cm³/mol. The SMILES string of the molecule is CCCCOC1([Si](C)(C)C2=CCC=C2)CC=C(C)C=C1C(C)(C)C. The summed E-state index contributed by atoms with van der Waals surface area (Å²) in [5, 5.41) is 1.43. The first-order valence-corrected chi connectivity index (χ1v) is 12.6. The van der Waals surface area contributed by atoms with Crippen LogP contribution in [-0.4, -0.2) is 19.9 Å². The summed E-state index contributed by atoms with van der Waals surface area (Å²) in [5.41, 5.74) is 3.01. The van der Waals surface area contributed by atoms with Crippen LogP contribution in [-0.2, 0) is 4.74 Å². The van der Waals surface area contributed by atoms with E-state index in [2.05, 4.69) is 78.1 Å². The lowest BCUT2D eigenvalue weighted by Gasteiger charge is -2.52. The Morgan fingerprint density at radius 3 is 2.46 bits per heavy atom. The summed E-state index contributed by atoms with van der Waals surface area (Å²) in [6.45, 7) is 17.4. The van der Waals surface area contributed by atoms with E-state index in [1.807, 2.05) is 0 Å². The minimum Gasteiger partial charge on any atom is -0.373 e. The van der Waals surface area contributed by atoms with Crippen molar-refractivity contribution in [2.45, 2.75) is 78.6 Å². The van der Waals surface area contributed by atoms with E-state index in [9.17, 15) is 0 Å². The summed E-state index contributed by atoms with van der Waals surface area (Å²) in [6.07, 6.45) is 16.3. The molecule has 2 rings (SSSR count). The Morgan fingerprint density at radius 1 is 1.21 bits per heavy atom. The third kappa shape index (κ3) is 3.55. The van der Waals surface area contributed by atoms with Gasteiger partial charge in [-0.05, 0) is 37.2 Å². The van der Waals surface area contributed by atoms with Crippen molar-refractivity contribution >= 4 is 8.07 Å². The van der Waals surface area contributed by atoms with Crippen LogP contribution in [0.3, 0.4) is 0 Å². The third-order valence-corrected chi connectivity index (χ3v) is 10.1. The number of hydrogen-bond acceptors (Lipinski definition) is 1. The third-order valence-electron chi connectivity index (χ3n) is 5.68. The number of unbranched alkanes of at least 4 members (excludes halogenated alkanes) is 1. The first-order chi connectivity index (χ1) is 11.1. The fourth-order valence-electron chi connectivity index (χ4n) is 4.09. The minimum absolute atomic E-state index is 0.120. The van der Waals surface area contributed by atoms with Gasteiger partial charge in [0.25, 0.3) is 0 Å². The zero-order chi connectivity index (χ0) is 18.0. The van der Waals surface area contributed by atoms with Crippen LogP contribution in [0.25, 0.3) is 0 Å². The number of ether oxygens (including phenoxy) is 1. The van der Waals surface area contributed by atoms with Crippen LogP contribution >= 0.6 is 0 Å². The average molecular weight is 345 g/mol. The second-order valence-electron chi connectivity index (χ2n) is 8.91. The van der Waals surface area contributed by atoms with E-state index >= 15 is 0 Å². The molecule has 0 amide bonds. The van der Waals surface area contributed by atoms with Gasteiger partial charge in [0.1, 0.15) is 8.07 Å². The van der Waals surface area contributed by atoms with E-state index in [0.29, 0.717) is 0 Å². The maximum atomic E-state index is 6.85. The van der Waals surface area contributed by atoms with Crippen LogP contribution in [0.2, 0.25) is 13.1 Å². The van der Waals surface area contributed by atoms with Gasteiger partial charge in [-0.25, -0.2) is 0 Å². The molecule has 0 bridgehead atoms. The van der Waals surface area contributed by atoms with Gasteiger partial charge < -0.3 is 4.74 Å². The molecule has 0 aromatic heterocycles. The lowest BCUT2D eigenvalue weighted by molar-refractivity contribution is 0.0236. The highest BCUT2D eigenvalue weighted by Gasteiger charge is 2.54. The molecule has 134 valence electrons. The molecule has 0 heterocycles. The molecular formula is C22H36OSi. The summed E-state index contributed by atoms with van der Waals surface area (Å²) in [5.74, 6) is 0. The zero-order valence-electron chi connectivity index (χ0n) is 16.8. The molecule has 24 heavy (non-hydrogen) atoms. The van der Waals surface area contributed by atoms with Gasteiger partial charge >= 0.3 is 0 Å². The van der Waals surface area contributed by atoms with Gasteiger partial charge in [0, 0.05) is 6.61 Å². The summed E-state index contributed by atoms with van der Waals surface area (Å²) < 4.78 is 6.85. The molecule has 0 spiro atoms. The second kappa shape index (κ2) is 7.17. The molecule has 1 unspecified atom stereocenters. The Balaban J connectivity index is 2.55. The largest absolute Gasteiger partial charge is 0.373 e. The normalized spacial score (nSPS) is 24.7. The average Bonchev–Trinajstić information content (AvgIpc) is 3.03. The van der Waals surface area contributed by atoms with Gasteiger partial charge in [-0.15, -0.1) is 0 Å². The van der Waals surface area contributed by atoms with Crippen LogP contribution in [0.15, 0.2) is 46.7 Å². The van der Waals surface area contributed by atoms with Gasteiger partial charge in [-0.1, -0.05) is 88.4 Å². The van der Waals surface area contributed by atoms with Gasteiger partial charge in [-0.3, -0.25) is 0 Å². The van der Waals surface area contributed by atoms with Crippen molar-refractivity contribution in [2.24, 2.45) is 5.41 Å². The van der Waals surface area contributed by atoms with E-state index in [4.69, 9.17) is 4.74 Å². The molecule has 0 aromatic rings. The van der Waals surface area contributed by atoms with Crippen molar-refractivity contribution in [3.05, 3.63) is 46.7 Å². The van der Waals surface area contributed by atoms with E-state index in [1.165, 1.54) is 17.6 Å². The summed E-state index contributed by atoms with van der Waals surface area (Å²) >= 11 is 0. The van der Waals surface area contributed by atoms with Crippen LogP contribution in [0.5, 0.6) is 0 Å². The topological polar surface area (TPSA) is 9.23 Å². The molecule has 0 aliphatic heterocycles. The number of rotatable bonds is 6. The van der Waals surface area contributed by atoms with Gasteiger partial charge in [0.05, 0.1) is 5.22 Å². The Morgan fingerprint density at radius 2 is 1.92 bits per heavy atom. The predicted octanol–water partition coefficient (Wildman–Crippen LogP) is 6.54. The van der Waals surface area contributed by atoms with Crippen LogP contribution in [0, 0.1) is 5.41 Å². The molecule has 2 aliphatic carbocycles. The van der Waals surface area contributed by atoms with Crippen molar-refractivity contribution in [3.63, 3.8) is 0 Å². The highest BCUT2D eigenvalue weighted by atomic mass is 28.3. The molecule has 0 radical (unpaired) electrons. The molecule has 1 nitrogen and oxygen atoms in total.